The molecule has 0 N–H and O–H groups in total. The van der Waals surface area contributed by atoms with Crippen LogP contribution in [0.5, 0.6) is 5.75 Å². The quantitative estimate of drug-likeness (QED) is 0.525. The first-order chi connectivity index (χ1) is 11.2. The zero-order chi connectivity index (χ0) is 16.2. The first kappa shape index (κ1) is 15.8. The van der Waals surface area contributed by atoms with Crippen molar-refractivity contribution in [3.8, 4) is 16.9 Å². The highest BCUT2D eigenvalue weighted by molar-refractivity contribution is 9.10. The van der Waals surface area contributed by atoms with Crippen LogP contribution in [0.4, 0.5) is 0 Å². The third-order valence-corrected chi connectivity index (χ3v) is 4.99. The van der Waals surface area contributed by atoms with Gasteiger partial charge in [-0.3, -0.25) is 0 Å². The van der Waals surface area contributed by atoms with Crippen LogP contribution in [0.15, 0.2) is 71.2 Å². The summed E-state index contributed by atoms with van der Waals surface area (Å²) in [6.07, 6.45) is 0. The van der Waals surface area contributed by atoms with E-state index < -0.39 is 0 Å². The Bertz CT molecular complexity index is 809. The molecule has 116 valence electrons. The second-order valence-corrected chi connectivity index (χ2v) is 6.47. The summed E-state index contributed by atoms with van der Waals surface area (Å²) in [5, 5.41) is 0. The molecule has 0 heterocycles. The third kappa shape index (κ3) is 3.48. The van der Waals surface area contributed by atoms with Crippen molar-refractivity contribution in [1.82, 2.24) is 0 Å². The lowest BCUT2D eigenvalue weighted by Gasteiger charge is -2.15. The Morgan fingerprint density at radius 2 is 1.43 bits per heavy atom. The van der Waals surface area contributed by atoms with Gasteiger partial charge in [0.2, 0.25) is 0 Å². The van der Waals surface area contributed by atoms with Gasteiger partial charge in [0.25, 0.3) is 0 Å². The molecule has 0 aromatic heterocycles. The van der Waals surface area contributed by atoms with Gasteiger partial charge >= 0.3 is 0 Å². The predicted octanol–water partition coefficient (Wildman–Crippen LogP) is 6.31. The summed E-state index contributed by atoms with van der Waals surface area (Å²) in [6.45, 7) is 4.87. The standard InChI is InChI=1S/C21H19BrO/c1-15-16(2)20(22)13-12-18(15)19-10-6-7-11-21(19)23-14-17-8-4-3-5-9-17/h3-13H,14H2,1-2H3. The minimum absolute atomic E-state index is 0.576. The van der Waals surface area contributed by atoms with Gasteiger partial charge in [-0.1, -0.05) is 70.5 Å². The molecule has 0 aliphatic rings. The van der Waals surface area contributed by atoms with Crippen molar-refractivity contribution in [2.75, 3.05) is 0 Å². The fourth-order valence-electron chi connectivity index (χ4n) is 2.63. The molecule has 0 fully saturated rings. The Kier molecular flexibility index (Phi) is 4.82. The topological polar surface area (TPSA) is 9.23 Å². The molecule has 0 aliphatic carbocycles. The highest BCUT2D eigenvalue weighted by Gasteiger charge is 2.11. The molecule has 2 heteroatoms. The van der Waals surface area contributed by atoms with Crippen molar-refractivity contribution in [3.63, 3.8) is 0 Å². The lowest BCUT2D eigenvalue weighted by atomic mass is 9.96. The molecule has 0 unspecified atom stereocenters. The summed E-state index contributed by atoms with van der Waals surface area (Å²) in [5.41, 5.74) is 6.06. The summed E-state index contributed by atoms with van der Waals surface area (Å²) in [5.74, 6) is 0.918. The van der Waals surface area contributed by atoms with Crippen LogP contribution in [-0.4, -0.2) is 0 Å². The highest BCUT2D eigenvalue weighted by Crippen LogP contribution is 2.35. The zero-order valence-corrected chi connectivity index (χ0v) is 14.9. The molecule has 0 aliphatic heterocycles. The van der Waals surface area contributed by atoms with Crippen molar-refractivity contribution < 1.29 is 4.74 Å². The van der Waals surface area contributed by atoms with Crippen LogP contribution in [0.25, 0.3) is 11.1 Å². The number of rotatable bonds is 4. The number of para-hydroxylation sites is 1. The summed E-state index contributed by atoms with van der Waals surface area (Å²) in [4.78, 5) is 0. The Labute approximate surface area is 146 Å². The second-order valence-electron chi connectivity index (χ2n) is 5.62. The molecule has 0 spiro atoms. The van der Waals surface area contributed by atoms with Gasteiger partial charge in [-0.2, -0.15) is 0 Å². The predicted molar refractivity (Wildman–Crippen MR) is 99.8 cm³/mol. The summed E-state index contributed by atoms with van der Waals surface area (Å²) in [6, 6.07) is 22.7. The molecule has 0 amide bonds. The summed E-state index contributed by atoms with van der Waals surface area (Å²) >= 11 is 3.60. The van der Waals surface area contributed by atoms with Crippen LogP contribution in [-0.2, 0) is 6.61 Å². The largest absolute Gasteiger partial charge is 0.488 e. The third-order valence-electron chi connectivity index (χ3n) is 4.14. The van der Waals surface area contributed by atoms with Gasteiger partial charge in [-0.15, -0.1) is 0 Å². The molecule has 23 heavy (non-hydrogen) atoms. The highest BCUT2D eigenvalue weighted by atomic mass is 79.9. The maximum Gasteiger partial charge on any atom is 0.127 e. The van der Waals surface area contributed by atoms with Gasteiger partial charge in [0.05, 0.1) is 0 Å². The van der Waals surface area contributed by atoms with E-state index in [2.05, 4.69) is 66.2 Å². The lowest BCUT2D eigenvalue weighted by Crippen LogP contribution is -1.98. The molecule has 0 radical (unpaired) electrons. The van der Waals surface area contributed by atoms with Gasteiger partial charge < -0.3 is 4.74 Å². The van der Waals surface area contributed by atoms with Gasteiger partial charge in [-0.05, 0) is 48.2 Å². The van der Waals surface area contributed by atoms with Crippen LogP contribution in [0.2, 0.25) is 0 Å². The summed E-state index contributed by atoms with van der Waals surface area (Å²) < 4.78 is 7.23. The molecular formula is C21H19BrO. The number of hydrogen-bond donors (Lipinski definition) is 0. The average Bonchev–Trinajstić information content (AvgIpc) is 2.59. The smallest absolute Gasteiger partial charge is 0.127 e. The Balaban J connectivity index is 1.94. The van der Waals surface area contributed by atoms with Crippen molar-refractivity contribution in [2.45, 2.75) is 20.5 Å². The molecule has 1 nitrogen and oxygen atoms in total. The van der Waals surface area contributed by atoms with Gasteiger partial charge in [-0.25, -0.2) is 0 Å². The van der Waals surface area contributed by atoms with Crippen LogP contribution >= 0.6 is 15.9 Å². The molecule has 0 atom stereocenters. The molecule has 0 bridgehead atoms. The number of ether oxygens (including phenoxy) is 1. The Hall–Kier alpha value is -2.06. The van der Waals surface area contributed by atoms with E-state index in [0.717, 1.165) is 15.8 Å². The van der Waals surface area contributed by atoms with Crippen LogP contribution in [0.1, 0.15) is 16.7 Å². The van der Waals surface area contributed by atoms with E-state index in [9.17, 15) is 0 Å². The van der Waals surface area contributed by atoms with Crippen molar-refractivity contribution in [1.29, 1.82) is 0 Å². The number of hydrogen-bond acceptors (Lipinski definition) is 1. The fraction of sp³-hybridized carbons (Fsp3) is 0.143. The maximum absolute atomic E-state index is 6.09. The van der Waals surface area contributed by atoms with E-state index in [-0.39, 0.29) is 0 Å². The van der Waals surface area contributed by atoms with E-state index in [4.69, 9.17) is 4.74 Å². The molecule has 3 aromatic carbocycles. The van der Waals surface area contributed by atoms with Crippen molar-refractivity contribution in [2.24, 2.45) is 0 Å². The van der Waals surface area contributed by atoms with E-state index in [1.165, 1.54) is 22.3 Å². The van der Waals surface area contributed by atoms with E-state index in [1.54, 1.807) is 0 Å². The van der Waals surface area contributed by atoms with Crippen LogP contribution < -0.4 is 4.74 Å². The second kappa shape index (κ2) is 7.01. The lowest BCUT2D eigenvalue weighted by molar-refractivity contribution is 0.307. The molecule has 3 aromatic rings. The Morgan fingerprint density at radius 3 is 2.22 bits per heavy atom. The number of halogens is 1. The zero-order valence-electron chi connectivity index (χ0n) is 13.3. The SMILES string of the molecule is Cc1c(Br)ccc(-c2ccccc2OCc2ccccc2)c1C. The molecular weight excluding hydrogens is 348 g/mol. The minimum atomic E-state index is 0.576. The molecule has 0 saturated carbocycles. The van der Waals surface area contributed by atoms with E-state index in [0.29, 0.717) is 6.61 Å². The number of benzene rings is 3. The monoisotopic (exact) mass is 366 g/mol. The van der Waals surface area contributed by atoms with Crippen molar-refractivity contribution >= 4 is 15.9 Å². The fourth-order valence-corrected chi connectivity index (χ4v) is 3.06. The summed E-state index contributed by atoms with van der Waals surface area (Å²) in [7, 11) is 0. The van der Waals surface area contributed by atoms with Crippen LogP contribution in [0, 0.1) is 13.8 Å². The van der Waals surface area contributed by atoms with Gasteiger partial charge in [0.15, 0.2) is 0 Å². The molecule has 0 saturated heterocycles. The molecule has 3 rings (SSSR count). The Morgan fingerprint density at radius 1 is 0.739 bits per heavy atom. The van der Waals surface area contributed by atoms with E-state index in [1.807, 2.05) is 30.3 Å². The first-order valence-electron chi connectivity index (χ1n) is 7.68. The normalized spacial score (nSPS) is 10.6. The first-order valence-corrected chi connectivity index (χ1v) is 8.48. The van der Waals surface area contributed by atoms with Gasteiger partial charge in [0, 0.05) is 10.0 Å². The van der Waals surface area contributed by atoms with E-state index >= 15 is 0 Å². The van der Waals surface area contributed by atoms with Crippen molar-refractivity contribution in [3.05, 3.63) is 87.9 Å². The van der Waals surface area contributed by atoms with Gasteiger partial charge in [0.1, 0.15) is 12.4 Å². The maximum atomic E-state index is 6.09. The average molecular weight is 367 g/mol. The minimum Gasteiger partial charge on any atom is -0.488 e. The van der Waals surface area contributed by atoms with Crippen LogP contribution in [0.3, 0.4) is 0 Å².